The molecular formula is C15H20N4O4. The molecule has 2 aromatic heterocycles. The molecule has 0 bridgehead atoms. The number of hydrogen-bond acceptors (Lipinski definition) is 4. The fourth-order valence-electron chi connectivity index (χ4n) is 2.35. The summed E-state index contributed by atoms with van der Waals surface area (Å²) in [6.45, 7) is 3.90. The summed E-state index contributed by atoms with van der Waals surface area (Å²) in [5.74, 6) is -0.627. The van der Waals surface area contributed by atoms with Crippen LogP contribution in [0, 0.1) is 13.8 Å². The smallest absolute Gasteiger partial charge is 0.329 e. The van der Waals surface area contributed by atoms with Crippen molar-refractivity contribution in [3.63, 3.8) is 0 Å². The normalized spacial score (nSPS) is 10.7. The first-order valence-electron chi connectivity index (χ1n) is 7.17. The van der Waals surface area contributed by atoms with Gasteiger partial charge < -0.3 is 19.7 Å². The highest BCUT2D eigenvalue weighted by molar-refractivity contribution is 5.97. The van der Waals surface area contributed by atoms with Gasteiger partial charge in [-0.05, 0) is 26.0 Å². The molecule has 2 heterocycles. The van der Waals surface area contributed by atoms with Crippen molar-refractivity contribution < 1.29 is 19.4 Å². The molecule has 0 saturated heterocycles. The molecule has 0 aliphatic carbocycles. The molecule has 8 nitrogen and oxygen atoms in total. The number of carbonyl (C=O) groups is 2. The molecule has 0 aliphatic heterocycles. The van der Waals surface area contributed by atoms with Crippen LogP contribution in [0.2, 0.25) is 0 Å². The fraction of sp³-hybridized carbons (Fsp3) is 0.400. The molecule has 0 radical (unpaired) electrons. The molecule has 2 N–H and O–H groups in total. The number of carboxylic acid groups (broad SMARTS) is 1. The molecule has 0 aromatic carbocycles. The van der Waals surface area contributed by atoms with Crippen molar-refractivity contribution in [3.8, 4) is 5.82 Å². The van der Waals surface area contributed by atoms with Crippen LogP contribution in [-0.4, -0.2) is 51.1 Å². The molecule has 0 unspecified atom stereocenters. The zero-order chi connectivity index (χ0) is 17.0. The van der Waals surface area contributed by atoms with Gasteiger partial charge in [0, 0.05) is 25.0 Å². The van der Waals surface area contributed by atoms with E-state index in [1.54, 1.807) is 11.7 Å². The van der Waals surface area contributed by atoms with E-state index in [1.165, 1.54) is 6.20 Å². The Morgan fingerprint density at radius 2 is 1.96 bits per heavy atom. The van der Waals surface area contributed by atoms with Gasteiger partial charge in [-0.15, -0.1) is 0 Å². The summed E-state index contributed by atoms with van der Waals surface area (Å²) in [7, 11) is 1.78. The van der Waals surface area contributed by atoms with Crippen LogP contribution in [-0.2, 0) is 16.6 Å². The SMILES string of the molecule is Cc1ccc(C)n1-c1c(C(=O)NCCOCC(=O)O)cnn1C. The van der Waals surface area contributed by atoms with E-state index in [0.29, 0.717) is 11.4 Å². The van der Waals surface area contributed by atoms with Gasteiger partial charge in [-0.25, -0.2) is 4.79 Å². The zero-order valence-electron chi connectivity index (χ0n) is 13.4. The minimum atomic E-state index is -1.04. The Kier molecular flexibility index (Phi) is 5.17. The molecule has 23 heavy (non-hydrogen) atoms. The number of carbonyl (C=O) groups excluding carboxylic acids is 1. The standard InChI is InChI=1S/C15H20N4O4/c1-10-4-5-11(2)19(10)15-12(8-17-18(15)3)14(22)16-6-7-23-9-13(20)21/h4-5,8H,6-7,9H2,1-3H3,(H,16,22)(H,20,21). The second-order valence-electron chi connectivity index (χ2n) is 5.16. The van der Waals surface area contributed by atoms with Gasteiger partial charge in [-0.2, -0.15) is 5.10 Å². The molecule has 2 aromatic rings. The maximum atomic E-state index is 12.3. The monoisotopic (exact) mass is 320 g/mol. The van der Waals surface area contributed by atoms with E-state index >= 15 is 0 Å². The van der Waals surface area contributed by atoms with E-state index in [4.69, 9.17) is 9.84 Å². The summed E-state index contributed by atoms with van der Waals surface area (Å²) in [4.78, 5) is 22.7. The fourth-order valence-corrected chi connectivity index (χ4v) is 2.35. The molecule has 124 valence electrons. The van der Waals surface area contributed by atoms with Gasteiger partial charge in [0.1, 0.15) is 18.0 Å². The average molecular weight is 320 g/mol. The Morgan fingerprint density at radius 1 is 1.30 bits per heavy atom. The van der Waals surface area contributed by atoms with E-state index in [9.17, 15) is 9.59 Å². The molecule has 0 atom stereocenters. The van der Waals surface area contributed by atoms with Crippen molar-refractivity contribution in [3.05, 3.63) is 35.3 Å². The summed E-state index contributed by atoms with van der Waals surface area (Å²) >= 11 is 0. The van der Waals surface area contributed by atoms with Crippen LogP contribution in [0.1, 0.15) is 21.7 Å². The van der Waals surface area contributed by atoms with Gasteiger partial charge in [0.2, 0.25) is 0 Å². The quantitative estimate of drug-likeness (QED) is 0.730. The summed E-state index contributed by atoms with van der Waals surface area (Å²) in [6, 6.07) is 3.95. The van der Waals surface area contributed by atoms with E-state index in [0.717, 1.165) is 11.4 Å². The van der Waals surface area contributed by atoms with Crippen molar-refractivity contribution in [1.29, 1.82) is 0 Å². The Labute approximate surface area is 133 Å². The van der Waals surface area contributed by atoms with Gasteiger partial charge in [-0.3, -0.25) is 9.48 Å². The largest absolute Gasteiger partial charge is 0.480 e. The minimum absolute atomic E-state index is 0.134. The maximum Gasteiger partial charge on any atom is 0.329 e. The molecule has 1 amide bonds. The molecule has 0 saturated carbocycles. The lowest BCUT2D eigenvalue weighted by atomic mass is 10.3. The van der Waals surface area contributed by atoms with Crippen LogP contribution in [0.5, 0.6) is 0 Å². The van der Waals surface area contributed by atoms with E-state index < -0.39 is 5.97 Å². The molecule has 0 fully saturated rings. The van der Waals surface area contributed by atoms with E-state index in [1.807, 2.05) is 30.5 Å². The highest BCUT2D eigenvalue weighted by atomic mass is 16.5. The number of nitrogens with one attached hydrogen (secondary N) is 1. The lowest BCUT2D eigenvalue weighted by Crippen LogP contribution is -2.28. The topological polar surface area (TPSA) is 98.4 Å². The molecular weight excluding hydrogens is 300 g/mol. The summed E-state index contributed by atoms with van der Waals surface area (Å²) in [6.07, 6.45) is 1.52. The van der Waals surface area contributed by atoms with Gasteiger partial charge in [0.25, 0.3) is 5.91 Å². The van der Waals surface area contributed by atoms with Crippen LogP contribution >= 0.6 is 0 Å². The number of hydrogen-bond donors (Lipinski definition) is 2. The van der Waals surface area contributed by atoms with Crippen LogP contribution in [0.3, 0.4) is 0 Å². The van der Waals surface area contributed by atoms with Crippen molar-refractivity contribution >= 4 is 11.9 Å². The van der Waals surface area contributed by atoms with Gasteiger partial charge in [-0.1, -0.05) is 0 Å². The summed E-state index contributed by atoms with van der Waals surface area (Å²) in [5.41, 5.74) is 2.46. The third-order valence-corrected chi connectivity index (χ3v) is 3.39. The summed E-state index contributed by atoms with van der Waals surface area (Å²) in [5, 5.41) is 15.3. The predicted molar refractivity (Wildman–Crippen MR) is 82.8 cm³/mol. The third-order valence-electron chi connectivity index (χ3n) is 3.39. The Morgan fingerprint density at radius 3 is 2.57 bits per heavy atom. The number of aromatic nitrogens is 3. The van der Waals surface area contributed by atoms with Crippen LogP contribution in [0.25, 0.3) is 5.82 Å². The van der Waals surface area contributed by atoms with Crippen molar-refractivity contribution in [2.75, 3.05) is 19.8 Å². The number of nitrogens with zero attached hydrogens (tertiary/aromatic N) is 3. The van der Waals surface area contributed by atoms with Crippen molar-refractivity contribution in [1.82, 2.24) is 19.7 Å². The van der Waals surface area contributed by atoms with Gasteiger partial charge in [0.15, 0.2) is 0 Å². The lowest BCUT2D eigenvalue weighted by Gasteiger charge is -2.12. The van der Waals surface area contributed by atoms with E-state index in [-0.39, 0.29) is 25.7 Å². The number of carboxylic acids is 1. The average Bonchev–Trinajstić information content (AvgIpc) is 3.01. The molecule has 8 heteroatoms. The first kappa shape index (κ1) is 16.8. The first-order chi connectivity index (χ1) is 10.9. The Bertz CT molecular complexity index is 698. The number of aryl methyl sites for hydroxylation is 3. The minimum Gasteiger partial charge on any atom is -0.480 e. The van der Waals surface area contributed by atoms with Gasteiger partial charge in [0.05, 0.1) is 12.8 Å². The number of rotatable bonds is 7. The lowest BCUT2D eigenvalue weighted by molar-refractivity contribution is -0.142. The summed E-state index contributed by atoms with van der Waals surface area (Å²) < 4.78 is 8.50. The van der Waals surface area contributed by atoms with Crippen LogP contribution in [0.15, 0.2) is 18.3 Å². The van der Waals surface area contributed by atoms with E-state index in [2.05, 4.69) is 10.4 Å². The predicted octanol–water partition coefficient (Wildman–Crippen LogP) is 0.659. The second-order valence-corrected chi connectivity index (χ2v) is 5.16. The highest BCUT2D eigenvalue weighted by Crippen LogP contribution is 2.19. The second kappa shape index (κ2) is 7.10. The third kappa shape index (κ3) is 3.78. The zero-order valence-corrected chi connectivity index (χ0v) is 13.4. The molecule has 0 spiro atoms. The maximum absolute atomic E-state index is 12.3. The van der Waals surface area contributed by atoms with Crippen LogP contribution < -0.4 is 5.32 Å². The van der Waals surface area contributed by atoms with Gasteiger partial charge >= 0.3 is 5.97 Å². The Hall–Kier alpha value is -2.61. The highest BCUT2D eigenvalue weighted by Gasteiger charge is 2.19. The van der Waals surface area contributed by atoms with Crippen LogP contribution in [0.4, 0.5) is 0 Å². The van der Waals surface area contributed by atoms with Crippen molar-refractivity contribution in [2.45, 2.75) is 13.8 Å². The molecule has 0 aliphatic rings. The number of amides is 1. The number of ether oxygens (including phenoxy) is 1. The van der Waals surface area contributed by atoms with Crippen molar-refractivity contribution in [2.24, 2.45) is 7.05 Å². The molecule has 2 rings (SSSR count). The Balaban J connectivity index is 2.09. The first-order valence-corrected chi connectivity index (χ1v) is 7.17. The number of aliphatic carboxylic acids is 1.